The molecule has 0 bridgehead atoms. The molecule has 2 heterocycles. The van der Waals surface area contributed by atoms with Crippen molar-refractivity contribution in [2.75, 3.05) is 43.9 Å². The van der Waals surface area contributed by atoms with Gasteiger partial charge in [-0.2, -0.15) is 0 Å². The van der Waals surface area contributed by atoms with Crippen molar-refractivity contribution in [2.45, 2.75) is 24.7 Å². The highest BCUT2D eigenvalue weighted by Gasteiger charge is 2.22. The first kappa shape index (κ1) is 18.0. The number of aryl methyl sites for hydroxylation is 1. The summed E-state index contributed by atoms with van der Waals surface area (Å²) < 4.78 is 2.35. The van der Waals surface area contributed by atoms with Gasteiger partial charge in [0.25, 0.3) is 0 Å². The molecule has 2 aromatic rings. The van der Waals surface area contributed by atoms with E-state index < -0.39 is 0 Å². The third-order valence-electron chi connectivity index (χ3n) is 4.50. The van der Waals surface area contributed by atoms with Crippen LogP contribution in [0, 0.1) is 12.8 Å². The van der Waals surface area contributed by atoms with Crippen molar-refractivity contribution in [3.63, 3.8) is 0 Å². The Morgan fingerprint density at radius 1 is 1.28 bits per heavy atom. The fourth-order valence-electron chi connectivity index (χ4n) is 3.29. The van der Waals surface area contributed by atoms with Crippen LogP contribution in [0.2, 0.25) is 0 Å². The minimum Gasteiger partial charge on any atom is -0.388 e. The molecular formula is C19H27N5S. The van der Waals surface area contributed by atoms with Crippen LogP contribution in [0.1, 0.15) is 18.5 Å². The van der Waals surface area contributed by atoms with E-state index in [4.69, 9.17) is 0 Å². The van der Waals surface area contributed by atoms with Crippen molar-refractivity contribution < 1.29 is 0 Å². The van der Waals surface area contributed by atoms with Crippen molar-refractivity contribution in [2.24, 2.45) is 5.92 Å². The normalized spacial score (nSPS) is 17.8. The smallest absolute Gasteiger partial charge is 0.147 e. The second-order valence-electron chi connectivity index (χ2n) is 6.65. The van der Waals surface area contributed by atoms with E-state index in [-0.39, 0.29) is 0 Å². The van der Waals surface area contributed by atoms with Crippen LogP contribution in [0.25, 0.3) is 0 Å². The quantitative estimate of drug-likeness (QED) is 0.796. The Hall–Kier alpha value is -1.79. The summed E-state index contributed by atoms with van der Waals surface area (Å²) in [4.78, 5) is 12.6. The molecule has 1 aromatic carbocycles. The SMILES string of the molecule is CNc1ccc(SN(C)CC2CCCN(c3cncc(C)n3)C2)cc1. The van der Waals surface area contributed by atoms with E-state index in [1.165, 1.54) is 17.7 Å². The second kappa shape index (κ2) is 8.54. The van der Waals surface area contributed by atoms with Crippen LogP contribution >= 0.6 is 11.9 Å². The first-order valence-corrected chi connectivity index (χ1v) is 9.62. The number of hydrogen-bond acceptors (Lipinski definition) is 6. The number of anilines is 2. The zero-order valence-corrected chi connectivity index (χ0v) is 16.1. The topological polar surface area (TPSA) is 44.3 Å². The van der Waals surface area contributed by atoms with Gasteiger partial charge in [0.05, 0.1) is 11.9 Å². The number of nitrogens with zero attached hydrogens (tertiary/aromatic N) is 4. The van der Waals surface area contributed by atoms with E-state index in [9.17, 15) is 0 Å². The van der Waals surface area contributed by atoms with E-state index in [1.54, 1.807) is 0 Å². The number of benzene rings is 1. The second-order valence-corrected chi connectivity index (χ2v) is 7.93. The molecule has 0 radical (unpaired) electrons. The van der Waals surface area contributed by atoms with Gasteiger partial charge in [-0.15, -0.1) is 0 Å². The summed E-state index contributed by atoms with van der Waals surface area (Å²) in [5, 5.41) is 3.16. The van der Waals surface area contributed by atoms with Crippen LogP contribution in [0.3, 0.4) is 0 Å². The lowest BCUT2D eigenvalue weighted by atomic mass is 9.98. The van der Waals surface area contributed by atoms with Gasteiger partial charge in [-0.3, -0.25) is 4.98 Å². The number of piperidine rings is 1. The molecule has 1 aliphatic heterocycles. The number of aromatic nitrogens is 2. The molecular weight excluding hydrogens is 330 g/mol. The van der Waals surface area contributed by atoms with Crippen molar-refractivity contribution in [3.8, 4) is 0 Å². The Morgan fingerprint density at radius 3 is 2.80 bits per heavy atom. The highest BCUT2D eigenvalue weighted by molar-refractivity contribution is 7.97. The van der Waals surface area contributed by atoms with Gasteiger partial charge in [0, 0.05) is 43.5 Å². The van der Waals surface area contributed by atoms with Crippen LogP contribution < -0.4 is 10.2 Å². The highest BCUT2D eigenvalue weighted by Crippen LogP contribution is 2.27. The van der Waals surface area contributed by atoms with Crippen LogP contribution in [-0.4, -0.2) is 48.0 Å². The fraction of sp³-hybridized carbons (Fsp3) is 0.474. The van der Waals surface area contributed by atoms with Crippen LogP contribution in [0.15, 0.2) is 41.6 Å². The Labute approximate surface area is 155 Å². The van der Waals surface area contributed by atoms with Gasteiger partial charge in [-0.25, -0.2) is 9.29 Å². The summed E-state index contributed by atoms with van der Waals surface area (Å²) in [6, 6.07) is 8.58. The monoisotopic (exact) mass is 357 g/mol. The van der Waals surface area contributed by atoms with Crippen LogP contribution in [0.4, 0.5) is 11.5 Å². The van der Waals surface area contributed by atoms with Crippen molar-refractivity contribution in [1.29, 1.82) is 0 Å². The number of rotatable bonds is 6. The van der Waals surface area contributed by atoms with Crippen molar-refractivity contribution in [3.05, 3.63) is 42.4 Å². The largest absolute Gasteiger partial charge is 0.388 e. The number of nitrogens with one attached hydrogen (secondary N) is 1. The first-order chi connectivity index (χ1) is 12.1. The summed E-state index contributed by atoms with van der Waals surface area (Å²) in [6.07, 6.45) is 6.20. The highest BCUT2D eigenvalue weighted by atomic mass is 32.2. The van der Waals surface area contributed by atoms with Gasteiger partial charge >= 0.3 is 0 Å². The molecule has 1 aromatic heterocycles. The van der Waals surface area contributed by atoms with Gasteiger partial charge in [-0.1, -0.05) is 0 Å². The molecule has 5 nitrogen and oxygen atoms in total. The van der Waals surface area contributed by atoms with Crippen LogP contribution in [-0.2, 0) is 0 Å². The minimum atomic E-state index is 0.658. The lowest BCUT2D eigenvalue weighted by molar-refractivity contribution is 0.351. The maximum Gasteiger partial charge on any atom is 0.147 e. The Morgan fingerprint density at radius 2 is 2.08 bits per heavy atom. The first-order valence-electron chi connectivity index (χ1n) is 8.84. The molecule has 0 saturated carbocycles. The Bertz CT molecular complexity index is 676. The molecule has 3 rings (SSSR count). The molecule has 1 aliphatic rings. The lowest BCUT2D eigenvalue weighted by Crippen LogP contribution is -2.39. The standard InChI is InChI=1S/C19H27N5S/c1-15-11-21-12-19(22-15)24-10-4-5-16(14-24)13-23(3)25-18-8-6-17(20-2)7-9-18/h6-9,11-12,16,20H,4-5,10,13-14H2,1-3H3. The molecule has 6 heteroatoms. The van der Waals surface area contributed by atoms with Crippen molar-refractivity contribution in [1.82, 2.24) is 14.3 Å². The van der Waals surface area contributed by atoms with E-state index in [1.807, 2.05) is 38.3 Å². The maximum absolute atomic E-state index is 4.63. The predicted molar refractivity (Wildman–Crippen MR) is 106 cm³/mol. The molecule has 0 amide bonds. The van der Waals surface area contributed by atoms with E-state index in [0.717, 1.165) is 36.8 Å². The molecule has 1 N–H and O–H groups in total. The molecule has 0 spiro atoms. The molecule has 25 heavy (non-hydrogen) atoms. The molecule has 0 aliphatic carbocycles. The molecule has 1 unspecified atom stereocenters. The fourth-order valence-corrected chi connectivity index (χ4v) is 4.19. The molecule has 1 fully saturated rings. The van der Waals surface area contributed by atoms with Gasteiger partial charge in [-0.05, 0) is 68.9 Å². The predicted octanol–water partition coefficient (Wildman–Crippen LogP) is 3.68. The van der Waals surface area contributed by atoms with Crippen molar-refractivity contribution >= 4 is 23.5 Å². The average molecular weight is 358 g/mol. The molecule has 1 atom stereocenters. The third kappa shape index (κ3) is 5.09. The number of hydrogen-bond donors (Lipinski definition) is 1. The molecule has 134 valence electrons. The zero-order chi connectivity index (χ0) is 17.6. The maximum atomic E-state index is 4.63. The van der Waals surface area contributed by atoms with E-state index >= 15 is 0 Å². The minimum absolute atomic E-state index is 0.658. The van der Waals surface area contributed by atoms with E-state index in [2.05, 4.69) is 55.8 Å². The molecule has 1 saturated heterocycles. The average Bonchev–Trinajstić information content (AvgIpc) is 2.62. The summed E-state index contributed by atoms with van der Waals surface area (Å²) >= 11 is 1.81. The van der Waals surface area contributed by atoms with Gasteiger partial charge in [0.15, 0.2) is 0 Å². The summed E-state index contributed by atoms with van der Waals surface area (Å²) in [7, 11) is 4.13. The van der Waals surface area contributed by atoms with Gasteiger partial charge < -0.3 is 10.2 Å². The zero-order valence-electron chi connectivity index (χ0n) is 15.3. The van der Waals surface area contributed by atoms with E-state index in [0.29, 0.717) is 5.92 Å². The Kier molecular flexibility index (Phi) is 6.15. The summed E-state index contributed by atoms with van der Waals surface area (Å²) in [5.41, 5.74) is 2.13. The van der Waals surface area contributed by atoms with Gasteiger partial charge in [0.1, 0.15) is 5.82 Å². The van der Waals surface area contributed by atoms with Gasteiger partial charge in [0.2, 0.25) is 0 Å². The summed E-state index contributed by atoms with van der Waals surface area (Å²) in [5.74, 6) is 1.67. The third-order valence-corrected chi connectivity index (χ3v) is 5.45. The lowest BCUT2D eigenvalue weighted by Gasteiger charge is -2.35. The van der Waals surface area contributed by atoms with Crippen LogP contribution in [0.5, 0.6) is 0 Å². The summed E-state index contributed by atoms with van der Waals surface area (Å²) in [6.45, 7) is 5.22. The Balaban J connectivity index is 1.54.